The van der Waals surface area contributed by atoms with Gasteiger partial charge in [0.25, 0.3) is 0 Å². The van der Waals surface area contributed by atoms with Crippen LogP contribution < -0.4 is 0 Å². The molecule has 2 heterocycles. The summed E-state index contributed by atoms with van der Waals surface area (Å²) in [6, 6.07) is 0.702. The minimum atomic E-state index is -0.436. The molecule has 0 aromatic rings. The smallest absolute Gasteiger partial charge is 0.0697 e. The normalized spacial score (nSPS) is 41.3. The number of ether oxygens (including phenoxy) is 1. The van der Waals surface area contributed by atoms with Gasteiger partial charge in [-0.25, -0.2) is 0 Å². The molecule has 3 nitrogen and oxygen atoms in total. The van der Waals surface area contributed by atoms with Crippen LogP contribution in [0.25, 0.3) is 0 Å². The first-order valence-corrected chi connectivity index (χ1v) is 7.69. The number of likely N-dealkylation sites (tertiary alicyclic amines) is 1. The van der Waals surface area contributed by atoms with Gasteiger partial charge in [0.05, 0.1) is 11.2 Å². The van der Waals surface area contributed by atoms with E-state index in [2.05, 4.69) is 4.90 Å². The Morgan fingerprint density at radius 1 is 1.11 bits per heavy atom. The standard InChI is InChI=1S/C15H27NO2/c1-14(17)5-3-9-16(10-8-14)13-4-11-18-15(12-13)6-2-7-15/h13,17H,2-12H2,1H3. The lowest BCUT2D eigenvalue weighted by Crippen LogP contribution is -2.52. The van der Waals surface area contributed by atoms with E-state index in [1.807, 2.05) is 6.92 Å². The summed E-state index contributed by atoms with van der Waals surface area (Å²) in [4.78, 5) is 2.63. The highest BCUT2D eigenvalue weighted by molar-refractivity contribution is 4.97. The molecule has 0 bridgehead atoms. The number of nitrogens with zero attached hydrogens (tertiary/aromatic N) is 1. The molecule has 1 aliphatic carbocycles. The van der Waals surface area contributed by atoms with Crippen LogP contribution >= 0.6 is 0 Å². The van der Waals surface area contributed by atoms with E-state index >= 15 is 0 Å². The topological polar surface area (TPSA) is 32.7 Å². The summed E-state index contributed by atoms with van der Waals surface area (Å²) in [6.45, 7) is 5.16. The van der Waals surface area contributed by atoms with E-state index in [1.54, 1.807) is 0 Å². The lowest BCUT2D eigenvalue weighted by Gasteiger charge is -2.49. The minimum Gasteiger partial charge on any atom is -0.390 e. The van der Waals surface area contributed by atoms with Crippen molar-refractivity contribution in [3.8, 4) is 0 Å². The molecule has 3 rings (SSSR count). The number of hydrogen-bond donors (Lipinski definition) is 1. The van der Waals surface area contributed by atoms with Crippen molar-refractivity contribution >= 4 is 0 Å². The Hall–Kier alpha value is -0.120. The SMILES string of the molecule is CC1(O)CCCN(C2CCOC3(CCC3)C2)CC1. The lowest BCUT2D eigenvalue weighted by molar-refractivity contribution is -0.148. The molecule has 2 saturated heterocycles. The highest BCUT2D eigenvalue weighted by Gasteiger charge is 2.44. The molecule has 3 fully saturated rings. The van der Waals surface area contributed by atoms with Crippen molar-refractivity contribution in [1.29, 1.82) is 0 Å². The van der Waals surface area contributed by atoms with E-state index in [-0.39, 0.29) is 5.60 Å². The van der Waals surface area contributed by atoms with E-state index < -0.39 is 5.60 Å². The van der Waals surface area contributed by atoms with E-state index in [9.17, 15) is 5.11 Å². The molecule has 1 saturated carbocycles. The Morgan fingerprint density at radius 2 is 1.94 bits per heavy atom. The fourth-order valence-electron chi connectivity index (χ4n) is 3.88. The van der Waals surface area contributed by atoms with E-state index in [0.29, 0.717) is 6.04 Å². The number of hydrogen-bond acceptors (Lipinski definition) is 3. The Kier molecular flexibility index (Phi) is 3.41. The van der Waals surface area contributed by atoms with Crippen molar-refractivity contribution in [2.24, 2.45) is 0 Å². The molecule has 2 aliphatic heterocycles. The molecule has 0 aromatic heterocycles. The predicted octanol–water partition coefficient (Wildman–Crippen LogP) is 2.33. The van der Waals surface area contributed by atoms with E-state index in [1.165, 1.54) is 32.1 Å². The van der Waals surface area contributed by atoms with Crippen LogP contribution in [0.3, 0.4) is 0 Å². The second-order valence-corrected chi connectivity index (χ2v) is 6.92. The third kappa shape index (κ3) is 2.59. The molecule has 0 aromatic carbocycles. The highest BCUT2D eigenvalue weighted by Crippen LogP contribution is 2.43. The molecule has 2 atom stereocenters. The monoisotopic (exact) mass is 253 g/mol. The summed E-state index contributed by atoms with van der Waals surface area (Å²) < 4.78 is 6.02. The fraction of sp³-hybridized carbons (Fsp3) is 1.00. The summed E-state index contributed by atoms with van der Waals surface area (Å²) >= 11 is 0. The van der Waals surface area contributed by atoms with Gasteiger partial charge in [-0.15, -0.1) is 0 Å². The van der Waals surface area contributed by atoms with Gasteiger partial charge >= 0.3 is 0 Å². The molecule has 104 valence electrons. The van der Waals surface area contributed by atoms with Crippen LogP contribution in [-0.2, 0) is 4.74 Å². The van der Waals surface area contributed by atoms with Gasteiger partial charge in [-0.2, -0.15) is 0 Å². The van der Waals surface area contributed by atoms with Crippen LogP contribution in [0, 0.1) is 0 Å². The highest BCUT2D eigenvalue weighted by atomic mass is 16.5. The first-order chi connectivity index (χ1) is 8.59. The zero-order chi connectivity index (χ0) is 12.6. The van der Waals surface area contributed by atoms with Crippen molar-refractivity contribution in [3.05, 3.63) is 0 Å². The Morgan fingerprint density at radius 3 is 2.67 bits per heavy atom. The summed E-state index contributed by atoms with van der Waals surface area (Å²) in [5, 5.41) is 10.2. The van der Waals surface area contributed by atoms with Crippen LogP contribution in [0.2, 0.25) is 0 Å². The molecular weight excluding hydrogens is 226 g/mol. The zero-order valence-electron chi connectivity index (χ0n) is 11.7. The maximum absolute atomic E-state index is 10.2. The quantitative estimate of drug-likeness (QED) is 0.778. The maximum atomic E-state index is 10.2. The van der Waals surface area contributed by atoms with Gasteiger partial charge in [-0.3, -0.25) is 0 Å². The van der Waals surface area contributed by atoms with E-state index in [0.717, 1.165) is 39.0 Å². The number of aliphatic hydroxyl groups is 1. The molecule has 1 N–H and O–H groups in total. The molecule has 1 spiro atoms. The summed E-state index contributed by atoms with van der Waals surface area (Å²) in [6.07, 6.45) is 9.33. The van der Waals surface area contributed by atoms with Crippen LogP contribution in [0.4, 0.5) is 0 Å². The van der Waals surface area contributed by atoms with Gasteiger partial charge < -0.3 is 14.7 Å². The summed E-state index contributed by atoms with van der Waals surface area (Å²) in [7, 11) is 0. The molecular formula is C15H27NO2. The van der Waals surface area contributed by atoms with Gasteiger partial charge in [-0.05, 0) is 64.8 Å². The molecule has 18 heavy (non-hydrogen) atoms. The number of rotatable bonds is 1. The van der Waals surface area contributed by atoms with Crippen LogP contribution in [0.5, 0.6) is 0 Å². The summed E-state index contributed by atoms with van der Waals surface area (Å²) in [5.41, 5.74) is -0.189. The Labute approximate surface area is 110 Å². The third-order valence-electron chi connectivity index (χ3n) is 5.35. The van der Waals surface area contributed by atoms with E-state index in [4.69, 9.17) is 4.74 Å². The Balaban J connectivity index is 1.60. The van der Waals surface area contributed by atoms with Crippen molar-refractivity contribution in [3.63, 3.8) is 0 Å². The molecule has 3 heteroatoms. The maximum Gasteiger partial charge on any atom is 0.0697 e. The second-order valence-electron chi connectivity index (χ2n) is 6.92. The predicted molar refractivity (Wildman–Crippen MR) is 71.6 cm³/mol. The first-order valence-electron chi connectivity index (χ1n) is 7.69. The third-order valence-corrected chi connectivity index (χ3v) is 5.35. The van der Waals surface area contributed by atoms with Crippen LogP contribution in [-0.4, -0.2) is 46.9 Å². The lowest BCUT2D eigenvalue weighted by atomic mass is 9.73. The van der Waals surface area contributed by atoms with Crippen molar-refractivity contribution < 1.29 is 9.84 Å². The first kappa shape index (κ1) is 12.9. The second kappa shape index (κ2) is 4.77. The van der Waals surface area contributed by atoms with Gasteiger partial charge in [0.15, 0.2) is 0 Å². The largest absolute Gasteiger partial charge is 0.390 e. The minimum absolute atomic E-state index is 0.248. The van der Waals surface area contributed by atoms with Gasteiger partial charge in [0.2, 0.25) is 0 Å². The van der Waals surface area contributed by atoms with Crippen LogP contribution in [0.15, 0.2) is 0 Å². The molecule has 2 unspecified atom stereocenters. The fourth-order valence-corrected chi connectivity index (χ4v) is 3.88. The summed E-state index contributed by atoms with van der Waals surface area (Å²) in [5.74, 6) is 0. The van der Waals surface area contributed by atoms with Crippen molar-refractivity contribution in [2.75, 3.05) is 19.7 Å². The van der Waals surface area contributed by atoms with Gasteiger partial charge in [0, 0.05) is 19.2 Å². The zero-order valence-corrected chi connectivity index (χ0v) is 11.7. The molecule has 3 aliphatic rings. The Bertz CT molecular complexity index is 299. The molecule has 0 amide bonds. The average molecular weight is 253 g/mol. The van der Waals surface area contributed by atoms with Crippen molar-refractivity contribution in [2.45, 2.75) is 75.5 Å². The van der Waals surface area contributed by atoms with Gasteiger partial charge in [0.1, 0.15) is 0 Å². The van der Waals surface area contributed by atoms with Crippen molar-refractivity contribution in [1.82, 2.24) is 4.90 Å². The molecule has 0 radical (unpaired) electrons. The van der Waals surface area contributed by atoms with Crippen LogP contribution in [0.1, 0.15) is 58.3 Å². The average Bonchev–Trinajstić information content (AvgIpc) is 2.48. The van der Waals surface area contributed by atoms with Gasteiger partial charge in [-0.1, -0.05) is 0 Å².